The van der Waals surface area contributed by atoms with Gasteiger partial charge in [0.2, 0.25) is 0 Å². The molecule has 2 aromatic carbocycles. The topological polar surface area (TPSA) is 24.9 Å². The first-order valence-electron chi connectivity index (χ1n) is 8.35. The highest BCUT2D eigenvalue weighted by Crippen LogP contribution is 2.31. The third-order valence-corrected chi connectivity index (χ3v) is 4.38. The van der Waals surface area contributed by atoms with Crippen molar-refractivity contribution >= 4 is 16.6 Å². The minimum absolute atomic E-state index is 0.210. The first-order chi connectivity index (χ1) is 11.8. The monoisotopic (exact) mass is 340 g/mol. The Bertz CT molecular complexity index is 927. The molecule has 0 spiro atoms. The number of para-hydroxylation sites is 1. The molecule has 0 saturated heterocycles. The van der Waals surface area contributed by atoms with Crippen LogP contribution in [-0.4, -0.2) is 4.98 Å². The van der Waals surface area contributed by atoms with Gasteiger partial charge in [-0.15, -0.1) is 0 Å². The van der Waals surface area contributed by atoms with Gasteiger partial charge in [0, 0.05) is 28.9 Å². The van der Waals surface area contributed by atoms with E-state index in [9.17, 15) is 8.78 Å². The van der Waals surface area contributed by atoms with Gasteiger partial charge >= 0.3 is 0 Å². The van der Waals surface area contributed by atoms with Crippen LogP contribution in [0.1, 0.15) is 36.2 Å². The Hall–Kier alpha value is -2.49. The van der Waals surface area contributed by atoms with Crippen LogP contribution in [0.5, 0.6) is 0 Å². The van der Waals surface area contributed by atoms with E-state index in [0.29, 0.717) is 11.1 Å². The van der Waals surface area contributed by atoms with Crippen molar-refractivity contribution in [3.8, 4) is 0 Å². The van der Waals surface area contributed by atoms with Crippen LogP contribution in [0.3, 0.4) is 0 Å². The van der Waals surface area contributed by atoms with Gasteiger partial charge in [-0.05, 0) is 51.0 Å². The lowest BCUT2D eigenvalue weighted by Gasteiger charge is -2.21. The molecule has 0 aliphatic carbocycles. The zero-order valence-electron chi connectivity index (χ0n) is 15.0. The zero-order valence-corrected chi connectivity index (χ0v) is 15.0. The molecule has 0 aliphatic heterocycles. The lowest BCUT2D eigenvalue weighted by atomic mass is 9.94. The summed E-state index contributed by atoms with van der Waals surface area (Å²) in [5.41, 5.74) is 2.87. The minimum Gasteiger partial charge on any atom is -0.380 e. The molecule has 0 radical (unpaired) electrons. The van der Waals surface area contributed by atoms with E-state index in [2.05, 4.69) is 10.3 Å². The fraction of sp³-hybridized carbons (Fsp3) is 0.286. The van der Waals surface area contributed by atoms with E-state index in [1.165, 1.54) is 19.9 Å². The van der Waals surface area contributed by atoms with Gasteiger partial charge in [-0.25, -0.2) is 8.78 Å². The van der Waals surface area contributed by atoms with Crippen molar-refractivity contribution in [2.75, 3.05) is 5.32 Å². The number of fused-ring (bicyclic) bond motifs is 1. The number of nitrogens with one attached hydrogen (secondary N) is 1. The molecule has 3 rings (SSSR count). The molecule has 0 fully saturated rings. The van der Waals surface area contributed by atoms with Gasteiger partial charge < -0.3 is 5.32 Å². The summed E-state index contributed by atoms with van der Waals surface area (Å²) in [5.74, 6) is -0.401. The number of benzene rings is 2. The maximum atomic E-state index is 14.5. The fourth-order valence-corrected chi connectivity index (χ4v) is 3.15. The number of aromatic nitrogens is 1. The van der Waals surface area contributed by atoms with Crippen LogP contribution in [0.15, 0.2) is 42.5 Å². The van der Waals surface area contributed by atoms with E-state index in [1.54, 1.807) is 12.1 Å². The minimum atomic E-state index is -1.61. The summed E-state index contributed by atoms with van der Waals surface area (Å²) in [4.78, 5) is 4.59. The summed E-state index contributed by atoms with van der Waals surface area (Å²) in [6.45, 7) is 7.04. The summed E-state index contributed by atoms with van der Waals surface area (Å²) in [6, 6.07) is 12.5. The Morgan fingerprint density at radius 1 is 1.08 bits per heavy atom. The van der Waals surface area contributed by atoms with Gasteiger partial charge in [0.25, 0.3) is 0 Å². The average Bonchev–Trinajstić information content (AvgIpc) is 2.53. The Kier molecular flexibility index (Phi) is 4.46. The number of halogens is 2. The second-order valence-corrected chi connectivity index (χ2v) is 6.87. The molecule has 3 aromatic rings. The smallest absolute Gasteiger partial charge is 0.130 e. The van der Waals surface area contributed by atoms with Crippen molar-refractivity contribution in [1.82, 2.24) is 4.98 Å². The molecule has 0 saturated carbocycles. The van der Waals surface area contributed by atoms with Gasteiger partial charge in [0.15, 0.2) is 0 Å². The summed E-state index contributed by atoms with van der Waals surface area (Å²) in [7, 11) is 0. The van der Waals surface area contributed by atoms with Crippen molar-refractivity contribution in [2.24, 2.45) is 0 Å². The summed E-state index contributed by atoms with van der Waals surface area (Å²) in [6.07, 6.45) is 0. The number of hydrogen-bond acceptors (Lipinski definition) is 2. The number of rotatable bonds is 4. The molecule has 0 amide bonds. The Labute approximate surface area is 146 Å². The van der Waals surface area contributed by atoms with E-state index in [-0.39, 0.29) is 6.54 Å². The van der Waals surface area contributed by atoms with Crippen LogP contribution in [0.25, 0.3) is 10.9 Å². The highest BCUT2D eigenvalue weighted by Gasteiger charge is 2.24. The van der Waals surface area contributed by atoms with Crippen molar-refractivity contribution in [3.63, 3.8) is 0 Å². The second-order valence-electron chi connectivity index (χ2n) is 6.87. The molecule has 1 aromatic heterocycles. The van der Waals surface area contributed by atoms with Gasteiger partial charge in [0.05, 0.1) is 5.52 Å². The first-order valence-corrected chi connectivity index (χ1v) is 8.35. The molecule has 0 bridgehead atoms. The van der Waals surface area contributed by atoms with Gasteiger partial charge in [-0.2, -0.15) is 0 Å². The molecule has 1 N–H and O–H groups in total. The molecule has 0 unspecified atom stereocenters. The largest absolute Gasteiger partial charge is 0.380 e. The normalized spacial score (nSPS) is 11.8. The predicted molar refractivity (Wildman–Crippen MR) is 99.1 cm³/mol. The maximum absolute atomic E-state index is 14.5. The van der Waals surface area contributed by atoms with Crippen LogP contribution in [0.2, 0.25) is 0 Å². The lowest BCUT2D eigenvalue weighted by molar-refractivity contribution is 0.219. The van der Waals surface area contributed by atoms with Gasteiger partial charge in [-0.3, -0.25) is 4.98 Å². The molecule has 4 heteroatoms. The Morgan fingerprint density at radius 3 is 2.52 bits per heavy atom. The van der Waals surface area contributed by atoms with E-state index in [4.69, 9.17) is 0 Å². The lowest BCUT2D eigenvalue weighted by Crippen LogP contribution is -2.16. The number of alkyl halides is 1. The number of pyridine rings is 1. The quantitative estimate of drug-likeness (QED) is 0.648. The molecular weight excluding hydrogens is 318 g/mol. The number of hydrogen-bond donors (Lipinski definition) is 1. The molecule has 0 aliphatic rings. The fourth-order valence-electron chi connectivity index (χ4n) is 3.15. The summed E-state index contributed by atoms with van der Waals surface area (Å²) < 4.78 is 28.8. The predicted octanol–water partition coefficient (Wildman–Crippen LogP) is 5.81. The Morgan fingerprint density at radius 2 is 1.80 bits per heavy atom. The number of anilines is 1. The van der Waals surface area contributed by atoms with Crippen LogP contribution in [0.4, 0.5) is 14.5 Å². The summed E-state index contributed by atoms with van der Waals surface area (Å²) >= 11 is 0. The van der Waals surface area contributed by atoms with Crippen molar-refractivity contribution < 1.29 is 8.78 Å². The van der Waals surface area contributed by atoms with E-state index in [0.717, 1.165) is 27.8 Å². The van der Waals surface area contributed by atoms with Crippen LogP contribution in [0, 0.1) is 19.7 Å². The SMILES string of the molecule is Cc1cc(NCc2c(F)cccc2C(C)(C)F)c2cccc(C)c2n1. The number of nitrogens with zero attached hydrogens (tertiary/aromatic N) is 1. The summed E-state index contributed by atoms with van der Waals surface area (Å²) in [5, 5.41) is 4.25. The Balaban J connectivity index is 2.01. The third-order valence-electron chi connectivity index (χ3n) is 4.38. The van der Waals surface area contributed by atoms with E-state index < -0.39 is 11.5 Å². The highest BCUT2D eigenvalue weighted by atomic mass is 19.1. The molecular formula is C21H22F2N2. The molecule has 2 nitrogen and oxygen atoms in total. The second kappa shape index (κ2) is 6.43. The van der Waals surface area contributed by atoms with Gasteiger partial charge in [-0.1, -0.05) is 30.3 Å². The highest BCUT2D eigenvalue weighted by molar-refractivity contribution is 5.93. The van der Waals surface area contributed by atoms with Gasteiger partial charge in [0.1, 0.15) is 11.5 Å². The first kappa shape index (κ1) is 17.3. The van der Waals surface area contributed by atoms with E-state index in [1.807, 2.05) is 38.1 Å². The van der Waals surface area contributed by atoms with Crippen LogP contribution < -0.4 is 5.32 Å². The van der Waals surface area contributed by atoms with Crippen molar-refractivity contribution in [2.45, 2.75) is 39.9 Å². The number of aryl methyl sites for hydroxylation is 2. The molecule has 25 heavy (non-hydrogen) atoms. The average molecular weight is 340 g/mol. The third kappa shape index (κ3) is 3.48. The zero-order chi connectivity index (χ0) is 18.2. The standard InChI is InChI=1S/C21H22F2N2/c1-13-7-5-8-15-19(11-14(2)25-20(13)15)24-12-16-17(21(3,4)23)9-6-10-18(16)22/h5-11H,12H2,1-4H3,(H,24,25). The maximum Gasteiger partial charge on any atom is 0.130 e. The molecule has 130 valence electrons. The molecule has 1 heterocycles. The van der Waals surface area contributed by atoms with Crippen LogP contribution in [-0.2, 0) is 12.2 Å². The van der Waals surface area contributed by atoms with Crippen LogP contribution >= 0.6 is 0 Å². The van der Waals surface area contributed by atoms with Crippen molar-refractivity contribution in [1.29, 1.82) is 0 Å². The van der Waals surface area contributed by atoms with Crippen molar-refractivity contribution in [3.05, 3.63) is 70.7 Å². The van der Waals surface area contributed by atoms with E-state index >= 15 is 0 Å². The molecule has 0 atom stereocenters.